The van der Waals surface area contributed by atoms with E-state index in [1.54, 1.807) is 37.3 Å². The zero-order valence-corrected chi connectivity index (χ0v) is 24.6. The number of nitrogens with zero attached hydrogens (tertiary/aromatic N) is 2. The molecule has 3 rings (SSSR count). The van der Waals surface area contributed by atoms with Crippen LogP contribution < -0.4 is 9.62 Å². The highest BCUT2D eigenvalue weighted by Gasteiger charge is 2.30. The van der Waals surface area contributed by atoms with Crippen LogP contribution in [0.25, 0.3) is 0 Å². The molecule has 0 unspecified atom stereocenters. The van der Waals surface area contributed by atoms with Gasteiger partial charge in [-0.05, 0) is 48.2 Å². The Morgan fingerprint density at radius 3 is 2.21 bits per heavy atom. The lowest BCUT2D eigenvalue weighted by Gasteiger charge is -2.32. The summed E-state index contributed by atoms with van der Waals surface area (Å²) in [7, 11) is -2.10. The summed E-state index contributed by atoms with van der Waals surface area (Å²) in [6.45, 7) is 1.96. The topological polar surface area (TPSA) is 86.8 Å². The lowest BCUT2D eigenvalue weighted by atomic mass is 10.0. The van der Waals surface area contributed by atoms with Gasteiger partial charge in [0.2, 0.25) is 21.8 Å². The molecule has 0 saturated carbocycles. The Labute approximate surface area is 240 Å². The minimum atomic E-state index is -3.64. The van der Waals surface area contributed by atoms with Gasteiger partial charge < -0.3 is 10.2 Å². The standard InChI is InChI=1S/C29H33Cl2N3O4S/c1-21-24(30)15-9-16-26(21)34(39(3,37)38)18-10-17-28(35)33(20-23-13-7-8-14-25(23)31)27(29(36)32-2)19-22-11-5-4-6-12-22/h4-9,11-16,27H,10,17-20H2,1-3H3,(H,32,36)/t27-/m0/s1. The van der Waals surface area contributed by atoms with Gasteiger partial charge in [-0.25, -0.2) is 8.42 Å². The number of halogens is 2. The Morgan fingerprint density at radius 2 is 1.56 bits per heavy atom. The number of nitrogens with one attached hydrogen (secondary N) is 1. The Hall–Kier alpha value is -3.07. The summed E-state index contributed by atoms with van der Waals surface area (Å²) in [5, 5.41) is 3.63. The molecule has 10 heteroatoms. The van der Waals surface area contributed by atoms with Gasteiger partial charge in [0.15, 0.2) is 0 Å². The van der Waals surface area contributed by atoms with E-state index in [1.165, 1.54) is 16.3 Å². The van der Waals surface area contributed by atoms with Gasteiger partial charge in [0.05, 0.1) is 11.9 Å². The number of anilines is 1. The van der Waals surface area contributed by atoms with Crippen LogP contribution in [0.15, 0.2) is 72.8 Å². The van der Waals surface area contributed by atoms with E-state index in [4.69, 9.17) is 23.2 Å². The van der Waals surface area contributed by atoms with Crippen molar-refractivity contribution in [1.82, 2.24) is 10.2 Å². The molecule has 3 aromatic rings. The maximum Gasteiger partial charge on any atom is 0.242 e. The minimum Gasteiger partial charge on any atom is -0.357 e. The molecule has 0 aliphatic rings. The first kappa shape index (κ1) is 30.5. The quantitative estimate of drug-likeness (QED) is 0.313. The van der Waals surface area contributed by atoms with Crippen molar-refractivity contribution in [3.05, 3.63) is 99.5 Å². The fourth-order valence-corrected chi connectivity index (χ4v) is 5.76. The monoisotopic (exact) mass is 589 g/mol. The lowest BCUT2D eigenvalue weighted by Crippen LogP contribution is -2.49. The van der Waals surface area contributed by atoms with E-state index in [1.807, 2.05) is 42.5 Å². The molecule has 208 valence electrons. The van der Waals surface area contributed by atoms with E-state index in [-0.39, 0.29) is 37.7 Å². The van der Waals surface area contributed by atoms with Crippen LogP contribution in [-0.2, 0) is 32.6 Å². The van der Waals surface area contributed by atoms with E-state index < -0.39 is 16.1 Å². The second kappa shape index (κ2) is 13.8. The average molecular weight is 591 g/mol. The molecule has 0 spiro atoms. The molecule has 7 nitrogen and oxygen atoms in total. The second-order valence-electron chi connectivity index (χ2n) is 9.26. The third-order valence-electron chi connectivity index (χ3n) is 6.48. The lowest BCUT2D eigenvalue weighted by molar-refractivity contribution is -0.141. The first-order valence-corrected chi connectivity index (χ1v) is 15.1. The number of sulfonamides is 1. The van der Waals surface area contributed by atoms with Crippen LogP contribution in [0, 0.1) is 6.92 Å². The number of likely N-dealkylation sites (N-methyl/N-ethyl adjacent to an activating group) is 1. The van der Waals surface area contributed by atoms with Gasteiger partial charge in [-0.2, -0.15) is 0 Å². The molecule has 0 aliphatic heterocycles. The Morgan fingerprint density at radius 1 is 0.923 bits per heavy atom. The summed E-state index contributed by atoms with van der Waals surface area (Å²) in [5.74, 6) is -0.581. The number of hydrogen-bond donors (Lipinski definition) is 1. The van der Waals surface area contributed by atoms with Crippen molar-refractivity contribution in [1.29, 1.82) is 0 Å². The van der Waals surface area contributed by atoms with Crippen LogP contribution in [0.3, 0.4) is 0 Å². The molecule has 0 radical (unpaired) electrons. The van der Waals surface area contributed by atoms with Crippen molar-refractivity contribution in [2.45, 2.75) is 38.8 Å². The largest absolute Gasteiger partial charge is 0.357 e. The van der Waals surface area contributed by atoms with Gasteiger partial charge >= 0.3 is 0 Å². The van der Waals surface area contributed by atoms with Crippen molar-refractivity contribution in [3.8, 4) is 0 Å². The SMILES string of the molecule is CNC(=O)[C@H](Cc1ccccc1)N(Cc1ccccc1Cl)C(=O)CCCN(c1cccc(Cl)c1C)S(C)(=O)=O. The smallest absolute Gasteiger partial charge is 0.242 e. The van der Waals surface area contributed by atoms with E-state index in [2.05, 4.69) is 5.32 Å². The van der Waals surface area contributed by atoms with E-state index in [9.17, 15) is 18.0 Å². The summed E-state index contributed by atoms with van der Waals surface area (Å²) in [5.41, 5.74) is 2.72. The molecule has 1 N–H and O–H groups in total. The molecule has 0 bridgehead atoms. The number of amides is 2. The van der Waals surface area contributed by atoms with Crippen molar-refractivity contribution >= 4 is 50.7 Å². The Bertz CT molecular complexity index is 1400. The van der Waals surface area contributed by atoms with Crippen molar-refractivity contribution in [3.63, 3.8) is 0 Å². The molecule has 3 aromatic carbocycles. The fourth-order valence-electron chi connectivity index (χ4n) is 4.38. The number of carbonyl (C=O) groups is 2. The molecule has 1 atom stereocenters. The van der Waals surface area contributed by atoms with Gasteiger partial charge in [-0.3, -0.25) is 13.9 Å². The summed E-state index contributed by atoms with van der Waals surface area (Å²) in [4.78, 5) is 28.3. The van der Waals surface area contributed by atoms with Crippen LogP contribution in [-0.4, -0.2) is 51.0 Å². The minimum absolute atomic E-state index is 0.0262. The molecule has 0 saturated heterocycles. The fraction of sp³-hybridized carbons (Fsp3) is 0.310. The van der Waals surface area contributed by atoms with Gasteiger partial charge in [0, 0.05) is 43.0 Å². The predicted octanol–water partition coefficient (Wildman–Crippen LogP) is 5.23. The average Bonchev–Trinajstić information content (AvgIpc) is 2.91. The summed E-state index contributed by atoms with van der Waals surface area (Å²) >= 11 is 12.7. The van der Waals surface area contributed by atoms with E-state index in [0.29, 0.717) is 33.3 Å². The van der Waals surface area contributed by atoms with Gasteiger partial charge in [0.1, 0.15) is 6.04 Å². The third kappa shape index (κ3) is 8.21. The third-order valence-corrected chi connectivity index (χ3v) is 8.43. The van der Waals surface area contributed by atoms with Gasteiger partial charge in [-0.15, -0.1) is 0 Å². The number of rotatable bonds is 12. The van der Waals surface area contributed by atoms with Crippen LogP contribution in [0.2, 0.25) is 10.0 Å². The zero-order chi connectivity index (χ0) is 28.6. The first-order chi connectivity index (χ1) is 18.5. The van der Waals surface area contributed by atoms with Crippen molar-refractivity contribution in [2.24, 2.45) is 0 Å². The Kier molecular flexibility index (Phi) is 10.8. The maximum atomic E-state index is 13.7. The number of carbonyl (C=O) groups excluding carboxylic acids is 2. The number of benzene rings is 3. The highest BCUT2D eigenvalue weighted by molar-refractivity contribution is 7.92. The summed E-state index contributed by atoms with van der Waals surface area (Å²) in [6.07, 6.45) is 1.70. The number of hydrogen-bond acceptors (Lipinski definition) is 4. The molecule has 0 fully saturated rings. The van der Waals surface area contributed by atoms with Gasteiger partial charge in [-0.1, -0.05) is 77.8 Å². The van der Waals surface area contributed by atoms with Crippen LogP contribution >= 0.6 is 23.2 Å². The normalized spacial score (nSPS) is 12.0. The van der Waals surface area contributed by atoms with Crippen LogP contribution in [0.4, 0.5) is 5.69 Å². The maximum absolute atomic E-state index is 13.7. The summed E-state index contributed by atoms with van der Waals surface area (Å²) in [6, 6.07) is 20.9. The molecule has 39 heavy (non-hydrogen) atoms. The highest BCUT2D eigenvalue weighted by Crippen LogP contribution is 2.29. The van der Waals surface area contributed by atoms with Gasteiger partial charge in [0.25, 0.3) is 0 Å². The van der Waals surface area contributed by atoms with Crippen molar-refractivity contribution in [2.75, 3.05) is 24.2 Å². The van der Waals surface area contributed by atoms with Crippen LogP contribution in [0.1, 0.15) is 29.5 Å². The molecular weight excluding hydrogens is 557 g/mol. The second-order valence-corrected chi connectivity index (χ2v) is 12.0. The zero-order valence-electron chi connectivity index (χ0n) is 22.2. The molecule has 0 aliphatic carbocycles. The van der Waals surface area contributed by atoms with Crippen molar-refractivity contribution < 1.29 is 18.0 Å². The molecule has 0 heterocycles. The van der Waals surface area contributed by atoms with E-state index >= 15 is 0 Å². The molecule has 0 aromatic heterocycles. The molecular formula is C29H33Cl2N3O4S. The first-order valence-electron chi connectivity index (χ1n) is 12.5. The van der Waals surface area contributed by atoms with E-state index in [0.717, 1.165) is 11.8 Å². The molecule has 2 amide bonds. The predicted molar refractivity (Wildman–Crippen MR) is 158 cm³/mol. The summed E-state index contributed by atoms with van der Waals surface area (Å²) < 4.78 is 26.6. The Balaban J connectivity index is 1.87. The van der Waals surface area contributed by atoms with Crippen LogP contribution in [0.5, 0.6) is 0 Å². The highest BCUT2D eigenvalue weighted by atomic mass is 35.5.